The second-order valence-electron chi connectivity index (χ2n) is 7.49. The molecule has 0 spiro atoms. The van der Waals surface area contributed by atoms with Crippen molar-refractivity contribution in [2.75, 3.05) is 6.61 Å². The Bertz CT molecular complexity index is 1450. The minimum Gasteiger partial charge on any atom is -0.507 e. The lowest BCUT2D eigenvalue weighted by molar-refractivity contribution is -0.242. The monoisotopic (exact) mass is 514 g/mol. The highest BCUT2D eigenvalue weighted by Crippen LogP contribution is 2.39. The minimum absolute atomic E-state index is 0.160. The second kappa shape index (κ2) is 8.88. The molecule has 1 fully saturated rings. The number of benzene rings is 2. The molecule has 7 N–H and O–H groups in total. The number of rotatable bonds is 5. The highest BCUT2D eigenvalue weighted by atomic mass is 32.3. The van der Waals surface area contributed by atoms with Crippen LogP contribution in [-0.4, -0.2) is 74.8 Å². The molecule has 4 atom stereocenters. The Labute approximate surface area is 195 Å². The summed E-state index contributed by atoms with van der Waals surface area (Å²) < 4.78 is 52.2. The van der Waals surface area contributed by atoms with Crippen molar-refractivity contribution >= 4 is 21.4 Å². The molecule has 14 nitrogen and oxygen atoms in total. The average Bonchev–Trinajstić information content (AvgIpc) is 2.77. The molecule has 35 heavy (non-hydrogen) atoms. The van der Waals surface area contributed by atoms with E-state index in [0.717, 1.165) is 30.3 Å². The van der Waals surface area contributed by atoms with Gasteiger partial charge in [0.05, 0.1) is 6.61 Å². The molecule has 2 aromatic carbocycles. The fourth-order valence-electron chi connectivity index (χ4n) is 3.38. The number of phenolic OH excluding ortho intramolecular Hbond substituents is 3. The molecule has 0 saturated carbocycles. The molecule has 15 heteroatoms. The summed E-state index contributed by atoms with van der Waals surface area (Å²) in [5.74, 6) is -3.88. The van der Waals surface area contributed by atoms with Gasteiger partial charge < -0.3 is 48.7 Å². The zero-order valence-electron chi connectivity index (χ0n) is 17.3. The van der Waals surface area contributed by atoms with E-state index in [4.69, 9.17) is 18.4 Å². The van der Waals surface area contributed by atoms with Crippen LogP contribution in [0.2, 0.25) is 0 Å². The largest absolute Gasteiger partial charge is 0.507 e. The minimum atomic E-state index is -5.24. The van der Waals surface area contributed by atoms with Crippen LogP contribution in [0.3, 0.4) is 0 Å². The molecule has 0 amide bonds. The van der Waals surface area contributed by atoms with Gasteiger partial charge in [-0.05, 0) is 18.2 Å². The first-order chi connectivity index (χ1) is 16.4. The van der Waals surface area contributed by atoms with E-state index in [9.17, 15) is 43.9 Å². The Morgan fingerprint density at radius 2 is 1.66 bits per heavy atom. The van der Waals surface area contributed by atoms with Gasteiger partial charge in [-0.25, -0.2) is 0 Å². The van der Waals surface area contributed by atoms with Crippen LogP contribution in [0.4, 0.5) is 0 Å². The van der Waals surface area contributed by atoms with Gasteiger partial charge in [-0.2, -0.15) is 8.42 Å². The lowest BCUT2D eigenvalue weighted by Gasteiger charge is -2.34. The fourth-order valence-corrected chi connectivity index (χ4v) is 3.74. The van der Waals surface area contributed by atoms with Gasteiger partial charge >= 0.3 is 10.4 Å². The van der Waals surface area contributed by atoms with Crippen LogP contribution in [0.15, 0.2) is 39.5 Å². The molecule has 4 rings (SSSR count). The fraction of sp³-hybridized carbons (Fsp3) is 0.250. The van der Waals surface area contributed by atoms with Gasteiger partial charge in [0.25, 0.3) is 0 Å². The van der Waals surface area contributed by atoms with Crippen LogP contribution in [0, 0.1) is 0 Å². The van der Waals surface area contributed by atoms with E-state index in [1.165, 1.54) is 0 Å². The molecule has 0 unspecified atom stereocenters. The van der Waals surface area contributed by atoms with Crippen molar-refractivity contribution in [2.45, 2.75) is 24.6 Å². The van der Waals surface area contributed by atoms with Crippen LogP contribution < -0.4 is 14.3 Å². The van der Waals surface area contributed by atoms with E-state index >= 15 is 0 Å². The van der Waals surface area contributed by atoms with E-state index in [1.807, 2.05) is 0 Å². The molecule has 1 saturated heterocycles. The first-order valence-electron chi connectivity index (χ1n) is 9.71. The summed E-state index contributed by atoms with van der Waals surface area (Å²) in [7, 11) is -5.24. The molecule has 1 aliphatic heterocycles. The van der Waals surface area contributed by atoms with Crippen molar-refractivity contribution in [3.05, 3.63) is 40.6 Å². The summed E-state index contributed by atoms with van der Waals surface area (Å²) in [5.41, 5.74) is -1.78. The predicted molar refractivity (Wildman–Crippen MR) is 113 cm³/mol. The van der Waals surface area contributed by atoms with Crippen molar-refractivity contribution in [1.29, 1.82) is 0 Å². The Morgan fingerprint density at radius 1 is 0.943 bits per heavy atom. The number of hydrogen-bond acceptors (Lipinski definition) is 13. The SMILES string of the molecule is O=c1c(OS(=O)(=O)O)c(-c2ccc(O)c(O)c2)oc2cc(O[C@@H]3OC[C@@H](O)[C@H](O)[C@@H]3O)cc(O)c12. The topological polar surface area (TPSA) is 234 Å². The van der Waals surface area contributed by atoms with Crippen molar-refractivity contribution < 1.29 is 61.7 Å². The first kappa shape index (κ1) is 24.5. The number of phenols is 3. The number of ether oxygens (including phenoxy) is 2. The van der Waals surface area contributed by atoms with E-state index in [-0.39, 0.29) is 23.5 Å². The molecule has 0 aliphatic carbocycles. The van der Waals surface area contributed by atoms with E-state index in [0.29, 0.717) is 0 Å². The molecule has 0 bridgehead atoms. The van der Waals surface area contributed by atoms with E-state index in [1.54, 1.807) is 0 Å². The van der Waals surface area contributed by atoms with Crippen LogP contribution in [0.5, 0.6) is 28.7 Å². The lowest BCUT2D eigenvalue weighted by atomic mass is 10.1. The summed E-state index contributed by atoms with van der Waals surface area (Å²) >= 11 is 0. The van der Waals surface area contributed by atoms with Crippen molar-refractivity contribution in [2.24, 2.45) is 0 Å². The number of hydrogen-bond donors (Lipinski definition) is 7. The smallest absolute Gasteiger partial charge is 0.446 e. The van der Waals surface area contributed by atoms with Crippen LogP contribution in [0.25, 0.3) is 22.3 Å². The second-order valence-corrected chi connectivity index (χ2v) is 8.51. The summed E-state index contributed by atoms with van der Waals surface area (Å²) in [6, 6.07) is 5.01. The molecular weight excluding hydrogens is 496 g/mol. The van der Waals surface area contributed by atoms with Crippen molar-refractivity contribution in [3.63, 3.8) is 0 Å². The maximum atomic E-state index is 13.0. The molecule has 2 heterocycles. The zero-order valence-corrected chi connectivity index (χ0v) is 18.1. The van der Waals surface area contributed by atoms with E-state index in [2.05, 4.69) is 4.18 Å². The lowest BCUT2D eigenvalue weighted by Crippen LogP contribution is -2.54. The third kappa shape index (κ3) is 4.81. The van der Waals surface area contributed by atoms with Crippen LogP contribution >= 0.6 is 0 Å². The van der Waals surface area contributed by atoms with Gasteiger partial charge in [0, 0.05) is 17.7 Å². The van der Waals surface area contributed by atoms with Crippen molar-refractivity contribution in [3.8, 4) is 40.1 Å². The van der Waals surface area contributed by atoms with Gasteiger partial charge in [0.2, 0.25) is 17.5 Å². The molecular formula is C20H18O14S. The maximum absolute atomic E-state index is 13.0. The molecule has 3 aromatic rings. The predicted octanol–water partition coefficient (Wildman–Crippen LogP) is -0.424. The van der Waals surface area contributed by atoms with Gasteiger partial charge in [-0.3, -0.25) is 9.35 Å². The summed E-state index contributed by atoms with van der Waals surface area (Å²) in [4.78, 5) is 13.0. The summed E-state index contributed by atoms with van der Waals surface area (Å²) in [6.45, 7) is -0.373. The number of aliphatic hydroxyl groups is 3. The quantitative estimate of drug-likeness (QED) is 0.169. The normalized spacial score (nSPS) is 22.7. The van der Waals surface area contributed by atoms with Gasteiger partial charge in [0.1, 0.15) is 40.8 Å². The highest BCUT2D eigenvalue weighted by molar-refractivity contribution is 7.81. The average molecular weight is 514 g/mol. The van der Waals surface area contributed by atoms with Crippen molar-refractivity contribution in [1.82, 2.24) is 0 Å². The number of aromatic hydroxyl groups is 3. The van der Waals surface area contributed by atoms with Gasteiger partial charge in [-0.1, -0.05) is 0 Å². The Balaban J connectivity index is 1.87. The Hall–Kier alpha value is -3.60. The molecule has 0 radical (unpaired) electrons. The zero-order chi connectivity index (χ0) is 25.7. The molecule has 1 aromatic heterocycles. The standard InChI is InChI=1S/C20H18O14S/c21-9-2-1-7(3-10(9)22)18-19(34-35(28,29)30)16(26)14-11(23)4-8(5-13(14)33-18)32-20-17(27)15(25)12(24)6-31-20/h1-5,12,15,17,20-25,27H,6H2,(H,28,29,30)/t12-,15+,17+,20+/m1/s1. The Kier molecular flexibility index (Phi) is 6.22. The summed E-state index contributed by atoms with van der Waals surface area (Å²) in [6.07, 6.45) is -6.11. The van der Waals surface area contributed by atoms with Gasteiger partial charge in [-0.15, -0.1) is 0 Å². The number of fused-ring (bicyclic) bond motifs is 1. The van der Waals surface area contributed by atoms with Crippen LogP contribution in [0.1, 0.15) is 0 Å². The molecule has 188 valence electrons. The Morgan fingerprint density at radius 3 is 2.31 bits per heavy atom. The molecule has 1 aliphatic rings. The number of aliphatic hydroxyl groups excluding tert-OH is 3. The van der Waals surface area contributed by atoms with Crippen LogP contribution in [-0.2, 0) is 15.1 Å². The van der Waals surface area contributed by atoms with E-state index < -0.39 is 74.6 Å². The third-order valence-corrected chi connectivity index (χ3v) is 5.42. The summed E-state index contributed by atoms with van der Waals surface area (Å²) in [5, 5.41) is 58.5. The first-order valence-corrected chi connectivity index (χ1v) is 11.1. The maximum Gasteiger partial charge on any atom is 0.446 e. The van der Waals surface area contributed by atoms with Gasteiger partial charge in [0.15, 0.2) is 17.3 Å². The highest BCUT2D eigenvalue weighted by Gasteiger charge is 2.39. The third-order valence-electron chi connectivity index (χ3n) is 5.04.